The minimum Gasteiger partial charge on any atom is -0.307 e. The number of halogens is 2. The van der Waals surface area contributed by atoms with E-state index in [0.717, 1.165) is 23.3 Å². The number of aliphatic imine (C=N–C) groups is 1. The Balaban J connectivity index is 1.66. The maximum atomic E-state index is 15.2. The molecule has 0 radical (unpaired) electrons. The van der Waals surface area contributed by atoms with E-state index in [2.05, 4.69) is 20.3 Å². The van der Waals surface area contributed by atoms with E-state index in [4.69, 9.17) is 0 Å². The molecule has 3 heterocycles. The molecule has 0 aliphatic carbocycles. The molecule has 0 saturated heterocycles. The topological polar surface area (TPSA) is 90.8 Å². The number of aromatic nitrogens is 2. The van der Waals surface area contributed by atoms with Gasteiger partial charge in [-0.25, -0.2) is 28.8 Å². The molecule has 10 heteroatoms. The van der Waals surface area contributed by atoms with Crippen LogP contribution in [0.4, 0.5) is 20.3 Å². The molecule has 0 atom stereocenters. The zero-order valence-electron chi connectivity index (χ0n) is 17.0. The molecule has 1 aliphatic rings. The number of anilines is 2. The van der Waals surface area contributed by atoms with Crippen molar-refractivity contribution >= 4 is 29.7 Å². The Bertz CT molecular complexity index is 1240. The molecule has 33 heavy (non-hydrogen) atoms. The highest BCUT2D eigenvalue weighted by Gasteiger charge is 2.26. The van der Waals surface area contributed by atoms with Gasteiger partial charge in [-0.2, -0.15) is 0 Å². The van der Waals surface area contributed by atoms with Gasteiger partial charge in [-0.15, -0.1) is 0 Å². The first-order valence-corrected chi connectivity index (χ1v) is 9.66. The molecule has 0 spiro atoms. The van der Waals surface area contributed by atoms with E-state index in [1.54, 1.807) is 24.3 Å². The van der Waals surface area contributed by atoms with Gasteiger partial charge in [0.1, 0.15) is 35.2 Å². The Morgan fingerprint density at radius 3 is 2.61 bits per heavy atom. The Morgan fingerprint density at radius 1 is 1.00 bits per heavy atom. The van der Waals surface area contributed by atoms with Crippen LogP contribution >= 0.6 is 0 Å². The van der Waals surface area contributed by atoms with E-state index in [1.807, 2.05) is 0 Å². The van der Waals surface area contributed by atoms with Crippen molar-refractivity contribution in [3.05, 3.63) is 108 Å². The lowest BCUT2D eigenvalue weighted by molar-refractivity contribution is 0.0947. The van der Waals surface area contributed by atoms with E-state index >= 15 is 4.39 Å². The molecular formula is C23H16F2N6O2. The third kappa shape index (κ3) is 4.96. The summed E-state index contributed by atoms with van der Waals surface area (Å²) in [5.74, 6) is -2.54. The van der Waals surface area contributed by atoms with Crippen LogP contribution in [0.1, 0.15) is 20.8 Å². The number of carbonyl (C=O) groups excluding carboxylic acids is 2. The monoisotopic (exact) mass is 446 g/mol. The largest absolute Gasteiger partial charge is 0.307 e. The highest BCUT2D eigenvalue weighted by molar-refractivity contribution is 6.07. The SMILES string of the molecule is O=C(Nc1ccc(F)cn1)c1ccc(N(C(=O)c2ccccn2)N2C=CC=CN=C2)c(F)c1. The van der Waals surface area contributed by atoms with E-state index in [1.165, 1.54) is 54.2 Å². The first kappa shape index (κ1) is 21.5. The fraction of sp³-hybridized carbons (Fsp3) is 0. The second-order valence-electron chi connectivity index (χ2n) is 6.64. The van der Waals surface area contributed by atoms with Crippen molar-refractivity contribution in [1.82, 2.24) is 15.0 Å². The number of amides is 2. The summed E-state index contributed by atoms with van der Waals surface area (Å²) in [6, 6.07) is 10.9. The quantitative estimate of drug-likeness (QED) is 0.641. The predicted molar refractivity (Wildman–Crippen MR) is 118 cm³/mol. The fourth-order valence-electron chi connectivity index (χ4n) is 2.90. The lowest BCUT2D eigenvalue weighted by atomic mass is 10.1. The fourth-order valence-corrected chi connectivity index (χ4v) is 2.90. The standard InChI is InChI=1S/C23H16F2N6O2/c24-17-7-9-21(28-14-17)29-22(32)16-6-8-20(18(25)13-16)31(30-12-4-3-10-26-15-30)23(33)19-5-1-2-11-27-19/h1-15H,(H,28,29,32). The molecule has 8 nitrogen and oxygen atoms in total. The van der Waals surface area contributed by atoms with Crippen LogP contribution in [0.5, 0.6) is 0 Å². The van der Waals surface area contributed by atoms with E-state index in [9.17, 15) is 14.0 Å². The first-order chi connectivity index (χ1) is 16.0. The molecule has 4 rings (SSSR count). The number of nitrogens with zero attached hydrogens (tertiary/aromatic N) is 5. The second-order valence-corrected chi connectivity index (χ2v) is 6.64. The number of rotatable bonds is 5. The maximum absolute atomic E-state index is 15.2. The normalized spacial score (nSPS) is 12.4. The third-order valence-corrected chi connectivity index (χ3v) is 4.42. The molecule has 1 N–H and O–H groups in total. The highest BCUT2D eigenvalue weighted by Crippen LogP contribution is 2.25. The summed E-state index contributed by atoms with van der Waals surface area (Å²) in [5, 5.41) is 4.81. The van der Waals surface area contributed by atoms with Gasteiger partial charge in [0.15, 0.2) is 0 Å². The van der Waals surface area contributed by atoms with Crippen LogP contribution < -0.4 is 10.3 Å². The van der Waals surface area contributed by atoms with Crippen LogP contribution in [-0.2, 0) is 0 Å². The first-order valence-electron chi connectivity index (χ1n) is 9.66. The summed E-state index contributed by atoms with van der Waals surface area (Å²) < 4.78 is 28.2. The minimum absolute atomic E-state index is 0.0191. The Hall–Kier alpha value is -4.73. The summed E-state index contributed by atoms with van der Waals surface area (Å²) >= 11 is 0. The highest BCUT2D eigenvalue weighted by atomic mass is 19.1. The summed E-state index contributed by atoms with van der Waals surface area (Å²) in [6.45, 7) is 0. The zero-order valence-corrected chi connectivity index (χ0v) is 17.0. The number of benzene rings is 1. The third-order valence-electron chi connectivity index (χ3n) is 4.42. The molecule has 3 aromatic rings. The molecule has 1 aromatic carbocycles. The van der Waals surface area contributed by atoms with Crippen LogP contribution in [0.2, 0.25) is 0 Å². The molecular weight excluding hydrogens is 430 g/mol. The van der Waals surface area contributed by atoms with Crippen molar-refractivity contribution in [2.45, 2.75) is 0 Å². The maximum Gasteiger partial charge on any atom is 0.296 e. The minimum atomic E-state index is -0.835. The van der Waals surface area contributed by atoms with Crippen molar-refractivity contribution in [2.75, 3.05) is 10.3 Å². The van der Waals surface area contributed by atoms with Gasteiger partial charge in [0.2, 0.25) is 0 Å². The number of allylic oxidation sites excluding steroid dienone is 2. The van der Waals surface area contributed by atoms with Crippen LogP contribution in [-0.4, -0.2) is 33.1 Å². The van der Waals surface area contributed by atoms with Gasteiger partial charge in [0.25, 0.3) is 11.8 Å². The Labute approximate surface area is 187 Å². The summed E-state index contributed by atoms with van der Waals surface area (Å²) in [4.78, 5) is 37.5. The van der Waals surface area contributed by atoms with Gasteiger partial charge in [0.05, 0.1) is 6.20 Å². The lowest BCUT2D eigenvalue weighted by Crippen LogP contribution is -2.44. The Kier molecular flexibility index (Phi) is 6.26. The molecule has 2 aromatic heterocycles. The smallest absolute Gasteiger partial charge is 0.296 e. The molecule has 2 amide bonds. The van der Waals surface area contributed by atoms with E-state index in [0.29, 0.717) is 0 Å². The number of hydrogen-bond donors (Lipinski definition) is 1. The molecule has 1 aliphatic heterocycles. The number of hydrogen-bond acceptors (Lipinski definition) is 6. The average Bonchev–Trinajstić information content (AvgIpc) is 3.11. The van der Waals surface area contributed by atoms with Gasteiger partial charge in [-0.05, 0) is 54.6 Å². The zero-order chi connectivity index (χ0) is 23.2. The average molecular weight is 446 g/mol. The van der Waals surface area contributed by atoms with Crippen molar-refractivity contribution in [3.63, 3.8) is 0 Å². The molecule has 0 saturated carbocycles. The van der Waals surface area contributed by atoms with Crippen LogP contribution in [0.3, 0.4) is 0 Å². The lowest BCUT2D eigenvalue weighted by Gasteiger charge is -2.30. The summed E-state index contributed by atoms with van der Waals surface area (Å²) in [7, 11) is 0. The van der Waals surface area contributed by atoms with Gasteiger partial charge in [0, 0.05) is 24.2 Å². The number of hydrazine groups is 1. The molecule has 0 bridgehead atoms. The van der Waals surface area contributed by atoms with E-state index < -0.39 is 23.4 Å². The summed E-state index contributed by atoms with van der Waals surface area (Å²) in [6.07, 6.45) is 10.0. The van der Waals surface area contributed by atoms with Crippen LogP contribution in [0.15, 0.2) is 90.5 Å². The van der Waals surface area contributed by atoms with Gasteiger partial charge < -0.3 is 5.32 Å². The molecule has 164 valence electrons. The van der Waals surface area contributed by atoms with Gasteiger partial charge >= 0.3 is 0 Å². The number of nitrogens with one attached hydrogen (secondary N) is 1. The van der Waals surface area contributed by atoms with Crippen LogP contribution in [0, 0.1) is 11.6 Å². The van der Waals surface area contributed by atoms with Crippen molar-refractivity contribution < 1.29 is 18.4 Å². The predicted octanol–water partition coefficient (Wildman–Crippen LogP) is 3.94. The second kappa shape index (κ2) is 9.60. The van der Waals surface area contributed by atoms with Crippen molar-refractivity contribution in [1.29, 1.82) is 0 Å². The summed E-state index contributed by atoms with van der Waals surface area (Å²) in [5.41, 5.74) is -0.0606. The molecule has 0 unspecified atom stereocenters. The van der Waals surface area contributed by atoms with Crippen molar-refractivity contribution in [3.8, 4) is 0 Å². The Morgan fingerprint density at radius 2 is 1.88 bits per heavy atom. The van der Waals surface area contributed by atoms with E-state index in [-0.39, 0.29) is 22.8 Å². The van der Waals surface area contributed by atoms with Crippen LogP contribution in [0.25, 0.3) is 0 Å². The number of pyridine rings is 2. The molecule has 0 fully saturated rings. The van der Waals surface area contributed by atoms with Crippen molar-refractivity contribution in [2.24, 2.45) is 4.99 Å². The van der Waals surface area contributed by atoms with Gasteiger partial charge in [-0.1, -0.05) is 6.07 Å². The van der Waals surface area contributed by atoms with Gasteiger partial charge in [-0.3, -0.25) is 14.6 Å². The number of carbonyl (C=O) groups is 2.